The largest absolute Gasteiger partial charge is 0.426 e. The molecule has 2 aliphatic rings. The quantitative estimate of drug-likeness (QED) is 0.317. The Bertz CT molecular complexity index is 1180. The highest BCUT2D eigenvalue weighted by Crippen LogP contribution is 2.55. The Labute approximate surface area is 250 Å². The number of rotatable bonds is 5. The van der Waals surface area contributed by atoms with Gasteiger partial charge in [0.1, 0.15) is 11.5 Å². The highest BCUT2D eigenvalue weighted by Gasteiger charge is 2.45. The minimum atomic E-state index is -1.55. The van der Waals surface area contributed by atoms with Crippen LogP contribution in [-0.4, -0.2) is 26.4 Å². The lowest BCUT2D eigenvalue weighted by atomic mass is 9.78. The summed E-state index contributed by atoms with van der Waals surface area (Å²) in [5.74, 6) is 1.77. The summed E-state index contributed by atoms with van der Waals surface area (Å²) in [6.07, 6.45) is 0.882. The van der Waals surface area contributed by atoms with Crippen molar-refractivity contribution in [1.29, 1.82) is 0 Å². The second kappa shape index (κ2) is 12.0. The Morgan fingerprint density at radius 1 is 0.610 bits per heavy atom. The molecule has 228 valence electrons. The highest BCUT2D eigenvalue weighted by molar-refractivity contribution is 7.42. The molecular formula is C33H50O6P2. The van der Waals surface area contributed by atoms with Gasteiger partial charge in [-0.05, 0) is 42.1 Å². The van der Waals surface area contributed by atoms with Crippen LogP contribution in [-0.2, 0) is 40.8 Å². The molecule has 0 bridgehead atoms. The summed E-state index contributed by atoms with van der Waals surface area (Å²) in [6.45, 7) is 28.1. The van der Waals surface area contributed by atoms with Crippen molar-refractivity contribution in [1.82, 2.24) is 0 Å². The molecule has 0 aromatic heterocycles. The molecule has 41 heavy (non-hydrogen) atoms. The predicted octanol–water partition coefficient (Wildman–Crippen LogP) is 9.75. The lowest BCUT2D eigenvalue weighted by Gasteiger charge is -2.42. The van der Waals surface area contributed by atoms with Gasteiger partial charge < -0.3 is 27.1 Å². The summed E-state index contributed by atoms with van der Waals surface area (Å²) in [5, 5.41) is 0. The first-order valence-corrected chi connectivity index (χ1v) is 16.9. The third-order valence-electron chi connectivity index (χ3n) is 7.58. The van der Waals surface area contributed by atoms with Crippen LogP contribution in [0.1, 0.15) is 103 Å². The van der Waals surface area contributed by atoms with Crippen molar-refractivity contribution in [3.05, 3.63) is 57.6 Å². The summed E-state index contributed by atoms with van der Waals surface area (Å²) < 4.78 is 37.9. The van der Waals surface area contributed by atoms with Gasteiger partial charge in [-0.2, -0.15) is 0 Å². The van der Waals surface area contributed by atoms with Crippen LogP contribution in [0.3, 0.4) is 0 Å². The average Bonchev–Trinajstić information content (AvgIpc) is 2.86. The SMILES string of the molecule is CCc1cc(C)cc(C(C)(C)C)c1OP1OCC2(CO1)COP(Oc1c(C(C)(C)C)cc(C)cc1C(C)(C)C)OC2. The molecule has 2 aromatic carbocycles. The zero-order valence-corrected chi connectivity index (χ0v) is 29.0. The molecule has 2 heterocycles. The Hall–Kier alpha value is -1.26. The van der Waals surface area contributed by atoms with E-state index in [2.05, 4.69) is 107 Å². The van der Waals surface area contributed by atoms with Crippen LogP contribution in [0.5, 0.6) is 11.5 Å². The summed E-state index contributed by atoms with van der Waals surface area (Å²) in [6, 6.07) is 8.85. The molecule has 8 heteroatoms. The molecular weight excluding hydrogens is 554 g/mol. The van der Waals surface area contributed by atoms with Crippen LogP contribution in [0, 0.1) is 19.3 Å². The molecule has 2 saturated heterocycles. The van der Waals surface area contributed by atoms with Gasteiger partial charge in [-0.1, -0.05) is 105 Å². The molecule has 0 amide bonds. The Balaban J connectivity index is 1.43. The van der Waals surface area contributed by atoms with E-state index in [1.165, 1.54) is 33.4 Å². The summed E-state index contributed by atoms with van der Waals surface area (Å²) in [5.41, 5.74) is 6.54. The molecule has 0 unspecified atom stereocenters. The average molecular weight is 605 g/mol. The molecule has 0 aliphatic carbocycles. The molecule has 0 atom stereocenters. The molecule has 0 saturated carbocycles. The van der Waals surface area contributed by atoms with E-state index in [9.17, 15) is 0 Å². The van der Waals surface area contributed by atoms with E-state index in [4.69, 9.17) is 27.1 Å². The van der Waals surface area contributed by atoms with Crippen molar-refractivity contribution in [2.45, 2.75) is 106 Å². The van der Waals surface area contributed by atoms with E-state index >= 15 is 0 Å². The first kappa shape index (κ1) is 32.6. The molecule has 0 radical (unpaired) electrons. The van der Waals surface area contributed by atoms with Gasteiger partial charge in [0.05, 0.1) is 31.8 Å². The number of hydrogen-bond donors (Lipinski definition) is 0. The Morgan fingerprint density at radius 3 is 1.32 bits per heavy atom. The molecule has 2 aliphatic heterocycles. The van der Waals surface area contributed by atoms with Gasteiger partial charge in [-0.25, -0.2) is 0 Å². The third-order valence-corrected chi connectivity index (χ3v) is 9.61. The first-order chi connectivity index (χ1) is 18.9. The van der Waals surface area contributed by atoms with Crippen molar-refractivity contribution in [3.8, 4) is 11.5 Å². The maximum Gasteiger partial charge on any atom is 0.397 e. The first-order valence-electron chi connectivity index (χ1n) is 14.7. The fraction of sp³-hybridized carbons (Fsp3) is 0.636. The van der Waals surface area contributed by atoms with Gasteiger partial charge in [0.15, 0.2) is 0 Å². The van der Waals surface area contributed by atoms with Crippen molar-refractivity contribution in [2.24, 2.45) is 5.41 Å². The summed E-state index contributed by atoms with van der Waals surface area (Å²) in [4.78, 5) is 0. The van der Waals surface area contributed by atoms with E-state index < -0.39 is 17.2 Å². The standard InChI is InChI=1S/C33H50O6P2/c1-13-24-14-22(2)15-25(30(4,5)6)28(24)38-40-34-18-33(19-35-40)20-36-41(37-21-33)39-29-26(31(7,8)9)16-23(3)17-27(29)32(10,11)12/h14-17H,13,18-21H2,1-12H3. The normalized spacial score (nSPS) is 24.0. The van der Waals surface area contributed by atoms with E-state index in [1.807, 2.05) is 0 Å². The van der Waals surface area contributed by atoms with Crippen LogP contribution in [0.2, 0.25) is 0 Å². The van der Waals surface area contributed by atoms with Crippen molar-refractivity contribution >= 4 is 17.2 Å². The van der Waals surface area contributed by atoms with Gasteiger partial charge in [-0.15, -0.1) is 0 Å². The second-order valence-electron chi connectivity index (χ2n) is 14.8. The van der Waals surface area contributed by atoms with Crippen LogP contribution < -0.4 is 9.05 Å². The Kier molecular flexibility index (Phi) is 9.58. The highest BCUT2D eigenvalue weighted by atomic mass is 31.2. The number of aryl methyl sites for hydroxylation is 3. The van der Waals surface area contributed by atoms with Gasteiger partial charge in [0.25, 0.3) is 0 Å². The van der Waals surface area contributed by atoms with Gasteiger partial charge in [0, 0.05) is 16.7 Å². The smallest absolute Gasteiger partial charge is 0.397 e. The summed E-state index contributed by atoms with van der Waals surface area (Å²) >= 11 is 0. The minimum absolute atomic E-state index is 0.0585. The Morgan fingerprint density at radius 2 is 0.951 bits per heavy atom. The van der Waals surface area contributed by atoms with Crippen LogP contribution >= 0.6 is 17.2 Å². The van der Waals surface area contributed by atoms with Gasteiger partial charge >= 0.3 is 17.2 Å². The molecule has 0 N–H and O–H groups in total. The van der Waals surface area contributed by atoms with Gasteiger partial charge in [0.2, 0.25) is 0 Å². The van der Waals surface area contributed by atoms with E-state index in [0.29, 0.717) is 26.4 Å². The zero-order chi connectivity index (χ0) is 30.4. The van der Waals surface area contributed by atoms with Crippen molar-refractivity contribution < 1.29 is 27.1 Å². The van der Waals surface area contributed by atoms with Gasteiger partial charge in [-0.3, -0.25) is 0 Å². The van der Waals surface area contributed by atoms with Crippen molar-refractivity contribution in [2.75, 3.05) is 26.4 Å². The lowest BCUT2D eigenvalue weighted by molar-refractivity contribution is -0.0674. The molecule has 2 aromatic rings. The molecule has 2 fully saturated rings. The van der Waals surface area contributed by atoms with E-state index in [1.54, 1.807) is 0 Å². The van der Waals surface area contributed by atoms with E-state index in [0.717, 1.165) is 17.9 Å². The van der Waals surface area contributed by atoms with E-state index in [-0.39, 0.29) is 21.7 Å². The van der Waals surface area contributed by atoms with Crippen LogP contribution in [0.15, 0.2) is 24.3 Å². The number of hydrogen-bond acceptors (Lipinski definition) is 6. The minimum Gasteiger partial charge on any atom is -0.426 e. The maximum absolute atomic E-state index is 6.56. The van der Waals surface area contributed by atoms with Crippen molar-refractivity contribution in [3.63, 3.8) is 0 Å². The zero-order valence-electron chi connectivity index (χ0n) is 27.2. The third kappa shape index (κ3) is 7.64. The van der Waals surface area contributed by atoms with Crippen LogP contribution in [0.4, 0.5) is 0 Å². The second-order valence-corrected chi connectivity index (χ2v) is 17.1. The molecule has 1 spiro atoms. The van der Waals surface area contributed by atoms with Crippen LogP contribution in [0.25, 0.3) is 0 Å². The fourth-order valence-electron chi connectivity index (χ4n) is 5.10. The number of benzene rings is 2. The maximum atomic E-state index is 6.56. The monoisotopic (exact) mass is 604 g/mol. The molecule has 6 nitrogen and oxygen atoms in total. The molecule has 4 rings (SSSR count). The fourth-order valence-corrected chi connectivity index (χ4v) is 7.69. The lowest BCUT2D eigenvalue weighted by Crippen LogP contribution is -2.45. The topological polar surface area (TPSA) is 55.4 Å². The predicted molar refractivity (Wildman–Crippen MR) is 169 cm³/mol. The summed E-state index contributed by atoms with van der Waals surface area (Å²) in [7, 11) is -3.07.